The van der Waals surface area contributed by atoms with Crippen LogP contribution in [0.2, 0.25) is 0 Å². The fourth-order valence-electron chi connectivity index (χ4n) is 3.81. The number of nitrogens with one attached hydrogen (secondary N) is 1. The van der Waals surface area contributed by atoms with E-state index >= 15 is 0 Å². The Morgan fingerprint density at radius 2 is 1.71 bits per heavy atom. The summed E-state index contributed by atoms with van der Waals surface area (Å²) in [7, 11) is 0. The van der Waals surface area contributed by atoms with Crippen molar-refractivity contribution in [2.75, 3.05) is 13.1 Å². The predicted molar refractivity (Wildman–Crippen MR) is 112 cm³/mol. The lowest BCUT2D eigenvalue weighted by Crippen LogP contribution is -2.44. The summed E-state index contributed by atoms with van der Waals surface area (Å²) in [6.07, 6.45) is 2.99. The maximum Gasteiger partial charge on any atom is 0.253 e. The molecule has 1 fully saturated rings. The summed E-state index contributed by atoms with van der Waals surface area (Å²) in [6, 6.07) is 13.1. The van der Waals surface area contributed by atoms with Gasteiger partial charge >= 0.3 is 0 Å². The van der Waals surface area contributed by atoms with Crippen molar-refractivity contribution in [1.29, 1.82) is 0 Å². The van der Waals surface area contributed by atoms with E-state index in [1.54, 1.807) is 24.3 Å². The Kier molecular flexibility index (Phi) is 6.32. The Bertz CT molecular complexity index is 1040. The number of benzene rings is 2. The molecule has 4 nitrogen and oxygen atoms in total. The normalized spacial score (nSPS) is 15.1. The largest absolute Gasteiger partial charge is 0.349 e. The van der Waals surface area contributed by atoms with Gasteiger partial charge in [0.1, 0.15) is 17.5 Å². The molecule has 3 aromatic rings. The van der Waals surface area contributed by atoms with Gasteiger partial charge in [-0.2, -0.15) is 0 Å². The standard InChI is InChI=1S/C24H22F3N3O/c25-19-3-1-2-17(12-19)23-5-4-18(14-28-23)24(31)29-22-6-8-30(9-7-22)15-16-10-20(26)13-21(27)11-16/h1-5,10-14,22H,6-9,15H2,(H,29,31). The van der Waals surface area contributed by atoms with Gasteiger partial charge in [-0.1, -0.05) is 12.1 Å². The quantitative estimate of drug-likeness (QED) is 0.652. The number of piperidine rings is 1. The van der Waals surface area contributed by atoms with Crippen molar-refractivity contribution in [1.82, 2.24) is 15.2 Å². The monoisotopic (exact) mass is 425 g/mol. The van der Waals surface area contributed by atoms with Gasteiger partial charge in [0.15, 0.2) is 0 Å². The highest BCUT2D eigenvalue weighted by molar-refractivity contribution is 5.94. The van der Waals surface area contributed by atoms with Crippen LogP contribution in [0.4, 0.5) is 13.2 Å². The Morgan fingerprint density at radius 1 is 0.968 bits per heavy atom. The van der Waals surface area contributed by atoms with Crippen LogP contribution < -0.4 is 5.32 Å². The fourth-order valence-corrected chi connectivity index (χ4v) is 3.81. The van der Waals surface area contributed by atoms with Crippen molar-refractivity contribution in [2.45, 2.75) is 25.4 Å². The molecular formula is C24H22F3N3O. The minimum Gasteiger partial charge on any atom is -0.349 e. The van der Waals surface area contributed by atoms with Gasteiger partial charge in [0.05, 0.1) is 11.3 Å². The molecule has 0 aliphatic carbocycles. The topological polar surface area (TPSA) is 45.2 Å². The molecule has 160 valence electrons. The van der Waals surface area contributed by atoms with Gasteiger partial charge < -0.3 is 5.32 Å². The first kappa shape index (κ1) is 21.1. The lowest BCUT2D eigenvalue weighted by Gasteiger charge is -2.32. The Balaban J connectivity index is 1.29. The van der Waals surface area contributed by atoms with Crippen LogP contribution in [-0.4, -0.2) is 34.9 Å². The molecule has 0 atom stereocenters. The molecule has 0 unspecified atom stereocenters. The smallest absolute Gasteiger partial charge is 0.253 e. The van der Waals surface area contributed by atoms with Gasteiger partial charge in [0.2, 0.25) is 0 Å². The summed E-state index contributed by atoms with van der Waals surface area (Å²) in [5.74, 6) is -1.69. The highest BCUT2D eigenvalue weighted by Gasteiger charge is 2.21. The zero-order valence-corrected chi connectivity index (χ0v) is 16.8. The molecule has 0 bridgehead atoms. The summed E-state index contributed by atoms with van der Waals surface area (Å²) < 4.78 is 40.1. The SMILES string of the molecule is O=C(NC1CCN(Cc2cc(F)cc(F)c2)CC1)c1ccc(-c2cccc(F)c2)nc1. The molecule has 0 radical (unpaired) electrons. The zero-order chi connectivity index (χ0) is 21.8. The number of carbonyl (C=O) groups is 1. The van der Waals surface area contributed by atoms with Gasteiger partial charge in [0, 0.05) is 43.5 Å². The number of carbonyl (C=O) groups excluding carboxylic acids is 1. The van der Waals surface area contributed by atoms with Crippen LogP contribution in [0.25, 0.3) is 11.3 Å². The molecular weight excluding hydrogens is 403 g/mol. The van der Waals surface area contributed by atoms with Crippen molar-refractivity contribution in [3.8, 4) is 11.3 Å². The molecule has 2 heterocycles. The Hall–Kier alpha value is -3.19. The number of pyridine rings is 1. The number of likely N-dealkylation sites (tertiary alicyclic amines) is 1. The lowest BCUT2D eigenvalue weighted by molar-refractivity contribution is 0.0908. The number of aromatic nitrogens is 1. The van der Waals surface area contributed by atoms with E-state index in [9.17, 15) is 18.0 Å². The van der Waals surface area contributed by atoms with Gasteiger partial charge in [0.25, 0.3) is 5.91 Å². The Morgan fingerprint density at radius 3 is 2.35 bits per heavy atom. The third-order valence-electron chi connectivity index (χ3n) is 5.40. The molecule has 1 aliphatic rings. The zero-order valence-electron chi connectivity index (χ0n) is 16.8. The first-order chi connectivity index (χ1) is 15.0. The van der Waals surface area contributed by atoms with Gasteiger partial charge in [-0.05, 0) is 54.8 Å². The van der Waals surface area contributed by atoms with Crippen molar-refractivity contribution >= 4 is 5.91 Å². The van der Waals surface area contributed by atoms with Gasteiger partial charge in [-0.25, -0.2) is 13.2 Å². The van der Waals surface area contributed by atoms with Gasteiger partial charge in [-0.15, -0.1) is 0 Å². The molecule has 2 aromatic carbocycles. The van der Waals surface area contributed by atoms with E-state index in [2.05, 4.69) is 15.2 Å². The second-order valence-electron chi connectivity index (χ2n) is 7.74. The molecule has 1 amide bonds. The van der Waals surface area contributed by atoms with Crippen LogP contribution in [0, 0.1) is 17.5 Å². The van der Waals surface area contributed by atoms with E-state index in [1.165, 1.54) is 30.5 Å². The second-order valence-corrected chi connectivity index (χ2v) is 7.74. The summed E-state index contributed by atoms with van der Waals surface area (Å²) in [4.78, 5) is 19.0. The number of halogens is 3. The van der Waals surface area contributed by atoms with Gasteiger partial charge in [-0.3, -0.25) is 14.7 Å². The molecule has 4 rings (SSSR count). The maximum absolute atomic E-state index is 13.4. The van der Waals surface area contributed by atoms with Crippen LogP contribution in [-0.2, 0) is 6.54 Å². The van der Waals surface area contributed by atoms with Crippen molar-refractivity contribution in [3.05, 3.63) is 89.4 Å². The van der Waals surface area contributed by atoms with Crippen LogP contribution in [0.15, 0.2) is 60.8 Å². The highest BCUT2D eigenvalue weighted by Crippen LogP contribution is 2.19. The van der Waals surface area contributed by atoms with E-state index in [1.807, 2.05) is 0 Å². The average molecular weight is 425 g/mol. The molecule has 31 heavy (non-hydrogen) atoms. The van der Waals surface area contributed by atoms with Crippen LogP contribution in [0.3, 0.4) is 0 Å². The first-order valence-electron chi connectivity index (χ1n) is 10.2. The fraction of sp³-hybridized carbons (Fsp3) is 0.250. The number of nitrogens with zero attached hydrogens (tertiary/aromatic N) is 2. The summed E-state index contributed by atoms with van der Waals surface area (Å²) in [5, 5.41) is 3.02. The van der Waals surface area contributed by atoms with E-state index in [4.69, 9.17) is 0 Å². The van der Waals surface area contributed by atoms with E-state index < -0.39 is 11.6 Å². The van der Waals surface area contributed by atoms with Crippen molar-refractivity contribution in [3.63, 3.8) is 0 Å². The lowest BCUT2D eigenvalue weighted by atomic mass is 10.0. The van der Waals surface area contributed by atoms with Crippen LogP contribution in [0.5, 0.6) is 0 Å². The molecule has 0 spiro atoms. The van der Waals surface area contributed by atoms with Crippen molar-refractivity contribution in [2.24, 2.45) is 0 Å². The highest BCUT2D eigenvalue weighted by atomic mass is 19.1. The molecule has 7 heteroatoms. The number of hydrogen-bond acceptors (Lipinski definition) is 3. The first-order valence-corrected chi connectivity index (χ1v) is 10.2. The second kappa shape index (κ2) is 9.31. The third-order valence-corrected chi connectivity index (χ3v) is 5.40. The van der Waals surface area contributed by atoms with E-state index in [0.29, 0.717) is 28.9 Å². The average Bonchev–Trinajstić information content (AvgIpc) is 2.74. The van der Waals surface area contributed by atoms with Crippen LogP contribution in [0.1, 0.15) is 28.8 Å². The molecule has 1 saturated heterocycles. The number of amides is 1. The summed E-state index contributed by atoms with van der Waals surface area (Å²) in [6.45, 7) is 1.92. The molecule has 1 aliphatic heterocycles. The minimum absolute atomic E-state index is 0.0240. The third kappa shape index (κ3) is 5.49. The number of hydrogen-bond donors (Lipinski definition) is 1. The Labute approximate surface area is 178 Å². The molecule has 1 aromatic heterocycles. The maximum atomic E-state index is 13.4. The van der Waals surface area contributed by atoms with E-state index in [-0.39, 0.29) is 17.8 Å². The summed E-state index contributed by atoms with van der Waals surface area (Å²) in [5.41, 5.74) is 2.29. The summed E-state index contributed by atoms with van der Waals surface area (Å²) >= 11 is 0. The molecule has 1 N–H and O–H groups in total. The minimum atomic E-state index is -0.575. The predicted octanol–water partition coefficient (Wildman–Crippen LogP) is 4.56. The van der Waals surface area contributed by atoms with Crippen LogP contribution >= 0.6 is 0 Å². The van der Waals surface area contributed by atoms with Crippen molar-refractivity contribution < 1.29 is 18.0 Å². The number of rotatable bonds is 5. The molecule has 0 saturated carbocycles. The van der Waals surface area contributed by atoms with E-state index in [0.717, 1.165) is 32.0 Å².